The van der Waals surface area contributed by atoms with Gasteiger partial charge in [0.05, 0.1) is 11.8 Å². The Hall–Kier alpha value is -1.32. The van der Waals surface area contributed by atoms with Crippen molar-refractivity contribution in [1.29, 1.82) is 0 Å². The summed E-state index contributed by atoms with van der Waals surface area (Å²) in [5, 5.41) is 17.7. The minimum absolute atomic E-state index is 0.284. The van der Waals surface area contributed by atoms with Crippen molar-refractivity contribution in [3.63, 3.8) is 0 Å². The number of hydrogen-bond donors (Lipinski definition) is 2. The van der Waals surface area contributed by atoms with Crippen LogP contribution in [0.1, 0.15) is 39.5 Å². The molecule has 0 fully saturated rings. The van der Waals surface area contributed by atoms with Gasteiger partial charge in [0.1, 0.15) is 0 Å². The van der Waals surface area contributed by atoms with E-state index in [-0.39, 0.29) is 6.42 Å². The summed E-state index contributed by atoms with van der Waals surface area (Å²) in [6.07, 6.45) is 7.07. The fourth-order valence-corrected chi connectivity index (χ4v) is 1.37. The fraction of sp³-hybridized carbons (Fsp3) is 0.667. The molecule has 0 saturated carbocycles. The Labute approximate surface area is 96.0 Å². The largest absolute Gasteiger partial charge is 0.481 e. The van der Waals surface area contributed by atoms with Crippen molar-refractivity contribution >= 4 is 11.9 Å². The first-order valence-corrected chi connectivity index (χ1v) is 5.61. The van der Waals surface area contributed by atoms with Crippen molar-refractivity contribution in [2.45, 2.75) is 39.5 Å². The molecule has 0 aliphatic carbocycles. The van der Waals surface area contributed by atoms with E-state index in [0.717, 1.165) is 19.3 Å². The minimum Gasteiger partial charge on any atom is -0.481 e. The normalized spacial score (nSPS) is 14.9. The maximum Gasteiger partial charge on any atom is 0.307 e. The molecule has 0 aromatic heterocycles. The lowest BCUT2D eigenvalue weighted by atomic mass is 9.91. The highest BCUT2D eigenvalue weighted by molar-refractivity contribution is 5.79. The summed E-state index contributed by atoms with van der Waals surface area (Å²) in [4.78, 5) is 21.6. The lowest BCUT2D eigenvalue weighted by Gasteiger charge is -2.14. The Kier molecular flexibility index (Phi) is 7.25. The van der Waals surface area contributed by atoms with Crippen molar-refractivity contribution in [3.05, 3.63) is 12.2 Å². The van der Waals surface area contributed by atoms with Crippen LogP contribution in [0.25, 0.3) is 0 Å². The van der Waals surface area contributed by atoms with Crippen LogP contribution in [0.3, 0.4) is 0 Å². The summed E-state index contributed by atoms with van der Waals surface area (Å²) in [5.41, 5.74) is 0. The van der Waals surface area contributed by atoms with E-state index < -0.39 is 23.8 Å². The van der Waals surface area contributed by atoms with Crippen LogP contribution >= 0.6 is 0 Å². The molecule has 2 N–H and O–H groups in total. The Morgan fingerprint density at radius 3 is 2.25 bits per heavy atom. The zero-order chi connectivity index (χ0) is 12.6. The number of rotatable bonds is 8. The third-order valence-corrected chi connectivity index (χ3v) is 2.59. The Morgan fingerprint density at radius 2 is 1.81 bits per heavy atom. The van der Waals surface area contributed by atoms with Gasteiger partial charge in [0.15, 0.2) is 0 Å². The molecule has 16 heavy (non-hydrogen) atoms. The second-order valence-electron chi connectivity index (χ2n) is 3.92. The first-order chi connectivity index (χ1) is 7.50. The molecule has 0 amide bonds. The van der Waals surface area contributed by atoms with Gasteiger partial charge in [-0.15, -0.1) is 0 Å². The summed E-state index contributed by atoms with van der Waals surface area (Å²) in [7, 11) is 0. The second kappa shape index (κ2) is 7.91. The van der Waals surface area contributed by atoms with E-state index in [1.807, 2.05) is 6.08 Å². The zero-order valence-corrected chi connectivity index (χ0v) is 9.85. The van der Waals surface area contributed by atoms with Crippen molar-refractivity contribution in [3.8, 4) is 0 Å². The second-order valence-corrected chi connectivity index (χ2v) is 3.92. The summed E-state index contributed by atoms with van der Waals surface area (Å²) >= 11 is 0. The number of hydrogen-bond acceptors (Lipinski definition) is 2. The van der Waals surface area contributed by atoms with Crippen molar-refractivity contribution in [2.75, 3.05) is 0 Å². The average Bonchev–Trinajstić information content (AvgIpc) is 2.21. The Morgan fingerprint density at radius 1 is 1.19 bits per heavy atom. The van der Waals surface area contributed by atoms with Gasteiger partial charge in [0, 0.05) is 0 Å². The zero-order valence-electron chi connectivity index (χ0n) is 9.85. The highest BCUT2D eigenvalue weighted by Crippen LogP contribution is 2.17. The summed E-state index contributed by atoms with van der Waals surface area (Å²) in [6, 6.07) is 0. The van der Waals surface area contributed by atoms with Crippen LogP contribution in [0.15, 0.2) is 12.2 Å². The Bertz CT molecular complexity index is 258. The highest BCUT2D eigenvalue weighted by Gasteiger charge is 2.28. The monoisotopic (exact) mass is 228 g/mol. The van der Waals surface area contributed by atoms with Crippen molar-refractivity contribution in [1.82, 2.24) is 0 Å². The summed E-state index contributed by atoms with van der Waals surface area (Å²) in [6.45, 7) is 3.52. The van der Waals surface area contributed by atoms with Gasteiger partial charge in [-0.2, -0.15) is 0 Å². The maximum absolute atomic E-state index is 10.9. The first kappa shape index (κ1) is 14.7. The molecule has 0 aliphatic rings. The van der Waals surface area contributed by atoms with Gasteiger partial charge in [0.2, 0.25) is 0 Å². The Balaban J connectivity index is 4.19. The molecule has 0 rings (SSSR count). The number of allylic oxidation sites excluding steroid dienone is 2. The average molecular weight is 228 g/mol. The van der Waals surface area contributed by atoms with E-state index in [1.165, 1.54) is 6.92 Å². The smallest absolute Gasteiger partial charge is 0.307 e. The lowest BCUT2D eigenvalue weighted by molar-refractivity contribution is -0.152. The highest BCUT2D eigenvalue weighted by atomic mass is 16.4. The molecule has 4 heteroatoms. The molecule has 0 bridgehead atoms. The van der Waals surface area contributed by atoms with E-state index in [9.17, 15) is 9.59 Å². The molecule has 92 valence electrons. The third kappa shape index (κ3) is 5.53. The predicted molar refractivity (Wildman–Crippen MR) is 61.2 cm³/mol. The van der Waals surface area contributed by atoms with Gasteiger partial charge in [-0.05, 0) is 12.8 Å². The molecule has 0 aliphatic heterocycles. The fourth-order valence-electron chi connectivity index (χ4n) is 1.37. The third-order valence-electron chi connectivity index (χ3n) is 2.59. The maximum atomic E-state index is 10.9. The van der Waals surface area contributed by atoms with E-state index in [4.69, 9.17) is 10.2 Å². The standard InChI is InChI=1S/C12H20O4/c1-3-4-5-6-7-8-10(12(15)16)9(2)11(13)14/h6-7,9-10H,3-5,8H2,1-2H3,(H,13,14)(H,15,16). The van der Waals surface area contributed by atoms with Crippen LogP contribution in [-0.4, -0.2) is 22.2 Å². The number of carboxylic acids is 2. The van der Waals surface area contributed by atoms with E-state index in [1.54, 1.807) is 6.08 Å². The van der Waals surface area contributed by atoms with Crippen LogP contribution in [0.2, 0.25) is 0 Å². The molecule has 0 aromatic carbocycles. The van der Waals surface area contributed by atoms with Crippen LogP contribution in [0.5, 0.6) is 0 Å². The molecule has 2 atom stereocenters. The van der Waals surface area contributed by atoms with E-state index in [2.05, 4.69) is 6.92 Å². The lowest BCUT2D eigenvalue weighted by Crippen LogP contribution is -2.27. The predicted octanol–water partition coefficient (Wildman–Crippen LogP) is 2.54. The van der Waals surface area contributed by atoms with Crippen LogP contribution in [0.4, 0.5) is 0 Å². The number of unbranched alkanes of at least 4 members (excludes halogenated alkanes) is 2. The summed E-state index contributed by atoms with van der Waals surface area (Å²) in [5.74, 6) is -3.80. The van der Waals surface area contributed by atoms with Crippen molar-refractivity contribution < 1.29 is 19.8 Å². The van der Waals surface area contributed by atoms with Gasteiger partial charge >= 0.3 is 11.9 Å². The number of aliphatic carboxylic acids is 2. The molecule has 0 radical (unpaired) electrons. The quantitative estimate of drug-likeness (QED) is 0.494. The topological polar surface area (TPSA) is 74.6 Å². The van der Waals surface area contributed by atoms with Crippen LogP contribution < -0.4 is 0 Å². The number of carboxylic acid groups (broad SMARTS) is 2. The number of carbonyl (C=O) groups is 2. The van der Waals surface area contributed by atoms with Gasteiger partial charge in [-0.1, -0.05) is 38.8 Å². The van der Waals surface area contributed by atoms with Crippen LogP contribution in [-0.2, 0) is 9.59 Å². The molecule has 0 spiro atoms. The SMILES string of the molecule is CCCCC=CCC(C(=O)O)C(C)C(=O)O. The molecule has 2 unspecified atom stereocenters. The van der Waals surface area contributed by atoms with E-state index in [0.29, 0.717) is 0 Å². The molecule has 0 aromatic rings. The first-order valence-electron chi connectivity index (χ1n) is 5.61. The summed E-state index contributed by atoms with van der Waals surface area (Å²) < 4.78 is 0. The minimum atomic E-state index is -1.06. The van der Waals surface area contributed by atoms with Gasteiger partial charge < -0.3 is 10.2 Å². The molecule has 4 nitrogen and oxygen atoms in total. The van der Waals surface area contributed by atoms with Gasteiger partial charge in [-0.25, -0.2) is 0 Å². The molecule has 0 saturated heterocycles. The van der Waals surface area contributed by atoms with Crippen molar-refractivity contribution in [2.24, 2.45) is 11.8 Å². The van der Waals surface area contributed by atoms with Gasteiger partial charge in [-0.3, -0.25) is 9.59 Å². The van der Waals surface area contributed by atoms with Crippen LogP contribution in [0, 0.1) is 11.8 Å². The molecular weight excluding hydrogens is 208 g/mol. The van der Waals surface area contributed by atoms with E-state index >= 15 is 0 Å². The van der Waals surface area contributed by atoms with Gasteiger partial charge in [0.25, 0.3) is 0 Å². The molecule has 0 heterocycles. The molecular formula is C12H20O4.